The van der Waals surface area contributed by atoms with Crippen LogP contribution in [0.1, 0.15) is 22.3 Å². The van der Waals surface area contributed by atoms with Crippen molar-refractivity contribution in [1.29, 1.82) is 0 Å². The van der Waals surface area contributed by atoms with Crippen LogP contribution >= 0.6 is 11.3 Å². The minimum absolute atomic E-state index is 0.0277. The highest BCUT2D eigenvalue weighted by atomic mass is 32.1. The maximum absolute atomic E-state index is 11.8. The number of carbonyl (C=O) groups is 1. The van der Waals surface area contributed by atoms with Crippen molar-refractivity contribution in [2.24, 2.45) is 0 Å². The first kappa shape index (κ1) is 11.1. The maximum Gasteiger partial charge on any atom is 0.265 e. The van der Waals surface area contributed by atoms with Gasteiger partial charge in [0.15, 0.2) is 0 Å². The van der Waals surface area contributed by atoms with E-state index in [1.54, 1.807) is 26.4 Å². The van der Waals surface area contributed by atoms with Crippen molar-refractivity contribution in [2.75, 3.05) is 13.7 Å². The zero-order chi connectivity index (χ0) is 10.7. The molecule has 1 rings (SSSR count). The molecule has 1 aromatic heterocycles. The molecule has 1 atom stereocenters. The number of rotatable bonds is 3. The highest BCUT2D eigenvalue weighted by Gasteiger charge is 2.19. The zero-order valence-electron chi connectivity index (χ0n) is 8.52. The Bertz CT molecular complexity index is 324. The van der Waals surface area contributed by atoms with Gasteiger partial charge in [0.05, 0.1) is 23.9 Å². The first-order chi connectivity index (χ1) is 6.57. The third-order valence-corrected chi connectivity index (χ3v) is 3.10. The summed E-state index contributed by atoms with van der Waals surface area (Å²) in [6, 6.07) is -0.163. The van der Waals surface area contributed by atoms with E-state index in [9.17, 15) is 4.79 Å². The molecule has 1 N–H and O–H groups in total. The smallest absolute Gasteiger partial charge is 0.265 e. The van der Waals surface area contributed by atoms with Crippen molar-refractivity contribution in [3.63, 3.8) is 0 Å². The van der Waals surface area contributed by atoms with Gasteiger partial charge in [-0.05, 0) is 13.8 Å². The Kier molecular flexibility index (Phi) is 3.60. The molecule has 0 aliphatic heterocycles. The number of aliphatic hydroxyl groups excluding tert-OH is 1. The minimum Gasteiger partial charge on any atom is -0.394 e. The Hall–Kier alpha value is -0.940. The SMILES string of the molecule is Cc1ncsc1C(=O)N(C)C(C)CO. The quantitative estimate of drug-likeness (QED) is 0.813. The number of likely N-dealkylation sites (N-methyl/N-ethyl adjacent to an activating group) is 1. The van der Waals surface area contributed by atoms with Gasteiger partial charge < -0.3 is 10.0 Å². The summed E-state index contributed by atoms with van der Waals surface area (Å²) in [5.74, 6) is -0.0773. The molecule has 0 aliphatic carbocycles. The van der Waals surface area contributed by atoms with Crippen LogP contribution in [0.2, 0.25) is 0 Å². The van der Waals surface area contributed by atoms with Crippen LogP contribution in [-0.2, 0) is 0 Å². The first-order valence-corrected chi connectivity index (χ1v) is 5.24. The lowest BCUT2D eigenvalue weighted by Gasteiger charge is -2.22. The number of aliphatic hydroxyl groups is 1. The van der Waals surface area contributed by atoms with Crippen LogP contribution in [0.15, 0.2) is 5.51 Å². The average Bonchev–Trinajstić information content (AvgIpc) is 2.61. The number of amides is 1. The molecule has 0 radical (unpaired) electrons. The molecule has 14 heavy (non-hydrogen) atoms. The molecule has 5 heteroatoms. The molecule has 0 aliphatic rings. The van der Waals surface area contributed by atoms with Gasteiger partial charge in [0.25, 0.3) is 5.91 Å². The fraction of sp³-hybridized carbons (Fsp3) is 0.556. The number of aryl methyl sites for hydroxylation is 1. The monoisotopic (exact) mass is 214 g/mol. The Labute approximate surface area is 87.2 Å². The normalized spacial score (nSPS) is 12.6. The van der Waals surface area contributed by atoms with E-state index in [1.807, 2.05) is 0 Å². The maximum atomic E-state index is 11.8. The van der Waals surface area contributed by atoms with Crippen LogP contribution in [0, 0.1) is 6.92 Å². The third kappa shape index (κ3) is 2.10. The topological polar surface area (TPSA) is 53.4 Å². The van der Waals surface area contributed by atoms with Crippen molar-refractivity contribution in [2.45, 2.75) is 19.9 Å². The van der Waals surface area contributed by atoms with Gasteiger partial charge in [-0.1, -0.05) is 0 Å². The van der Waals surface area contributed by atoms with Crippen LogP contribution in [0.4, 0.5) is 0 Å². The van der Waals surface area contributed by atoms with E-state index in [2.05, 4.69) is 4.98 Å². The molecule has 0 spiro atoms. The van der Waals surface area contributed by atoms with Crippen LogP contribution in [0.3, 0.4) is 0 Å². The Morgan fingerprint density at radius 3 is 2.86 bits per heavy atom. The lowest BCUT2D eigenvalue weighted by molar-refractivity contribution is 0.0686. The molecular formula is C9H14N2O2S. The lowest BCUT2D eigenvalue weighted by atomic mass is 10.3. The van der Waals surface area contributed by atoms with E-state index in [-0.39, 0.29) is 18.6 Å². The number of nitrogens with zero attached hydrogens (tertiary/aromatic N) is 2. The number of hydrogen-bond donors (Lipinski definition) is 1. The molecule has 1 heterocycles. The molecule has 0 saturated carbocycles. The van der Waals surface area contributed by atoms with Crippen LogP contribution in [0.25, 0.3) is 0 Å². The van der Waals surface area contributed by atoms with Gasteiger partial charge in [-0.2, -0.15) is 0 Å². The predicted octanol–water partition coefficient (Wildman–Crippen LogP) is 0.904. The van der Waals surface area contributed by atoms with E-state index in [0.29, 0.717) is 4.88 Å². The summed E-state index contributed by atoms with van der Waals surface area (Å²) in [7, 11) is 1.68. The largest absolute Gasteiger partial charge is 0.394 e. The Morgan fingerprint density at radius 2 is 2.43 bits per heavy atom. The van der Waals surface area contributed by atoms with Gasteiger partial charge in [0.1, 0.15) is 4.88 Å². The highest BCUT2D eigenvalue weighted by molar-refractivity contribution is 7.11. The standard InChI is InChI=1S/C9H14N2O2S/c1-6(4-12)11(3)9(13)8-7(2)10-5-14-8/h5-6,12H,4H2,1-3H3. The highest BCUT2D eigenvalue weighted by Crippen LogP contribution is 2.15. The van der Waals surface area contributed by atoms with Crippen LogP contribution in [0.5, 0.6) is 0 Å². The van der Waals surface area contributed by atoms with E-state index >= 15 is 0 Å². The van der Waals surface area contributed by atoms with Crippen molar-refractivity contribution in [1.82, 2.24) is 9.88 Å². The molecule has 4 nitrogen and oxygen atoms in total. The van der Waals surface area contributed by atoms with Gasteiger partial charge >= 0.3 is 0 Å². The van der Waals surface area contributed by atoms with Crippen LogP contribution < -0.4 is 0 Å². The molecule has 78 valence electrons. The summed E-state index contributed by atoms with van der Waals surface area (Å²) in [5, 5.41) is 8.91. The van der Waals surface area contributed by atoms with Crippen molar-refractivity contribution in [3.8, 4) is 0 Å². The number of aromatic nitrogens is 1. The second-order valence-corrected chi connectivity index (χ2v) is 4.07. The molecular weight excluding hydrogens is 200 g/mol. The predicted molar refractivity (Wildman–Crippen MR) is 55.5 cm³/mol. The molecule has 0 saturated heterocycles. The lowest BCUT2D eigenvalue weighted by Crippen LogP contribution is -2.37. The fourth-order valence-electron chi connectivity index (χ4n) is 0.990. The van der Waals surface area contributed by atoms with Gasteiger partial charge in [0, 0.05) is 7.05 Å². The average molecular weight is 214 g/mol. The van der Waals surface area contributed by atoms with E-state index < -0.39 is 0 Å². The molecule has 0 fully saturated rings. The number of hydrogen-bond acceptors (Lipinski definition) is 4. The molecule has 0 aromatic carbocycles. The summed E-state index contributed by atoms with van der Waals surface area (Å²) in [6.07, 6.45) is 0. The van der Waals surface area contributed by atoms with E-state index in [0.717, 1.165) is 5.69 Å². The van der Waals surface area contributed by atoms with Gasteiger partial charge in [-0.25, -0.2) is 4.98 Å². The third-order valence-electron chi connectivity index (χ3n) is 2.19. The second kappa shape index (κ2) is 4.52. The summed E-state index contributed by atoms with van der Waals surface area (Å²) in [4.78, 5) is 18.0. The van der Waals surface area contributed by atoms with E-state index in [1.165, 1.54) is 16.2 Å². The molecule has 1 aromatic rings. The van der Waals surface area contributed by atoms with Crippen molar-refractivity contribution in [3.05, 3.63) is 16.1 Å². The van der Waals surface area contributed by atoms with Crippen molar-refractivity contribution >= 4 is 17.2 Å². The number of carbonyl (C=O) groups excluding carboxylic acids is 1. The second-order valence-electron chi connectivity index (χ2n) is 3.21. The van der Waals surface area contributed by atoms with Gasteiger partial charge in [-0.15, -0.1) is 11.3 Å². The Morgan fingerprint density at radius 1 is 1.79 bits per heavy atom. The van der Waals surface area contributed by atoms with Gasteiger partial charge in [-0.3, -0.25) is 4.79 Å². The summed E-state index contributed by atoms with van der Waals surface area (Å²) >= 11 is 1.33. The van der Waals surface area contributed by atoms with E-state index in [4.69, 9.17) is 5.11 Å². The van der Waals surface area contributed by atoms with Gasteiger partial charge in [0.2, 0.25) is 0 Å². The minimum atomic E-state index is -0.163. The summed E-state index contributed by atoms with van der Waals surface area (Å²) < 4.78 is 0. The Balaban J connectivity index is 2.81. The zero-order valence-corrected chi connectivity index (χ0v) is 9.34. The summed E-state index contributed by atoms with van der Waals surface area (Å²) in [5.41, 5.74) is 2.40. The summed E-state index contributed by atoms with van der Waals surface area (Å²) in [6.45, 7) is 3.58. The number of thiazole rings is 1. The van der Waals surface area contributed by atoms with Crippen molar-refractivity contribution < 1.29 is 9.90 Å². The fourth-order valence-corrected chi connectivity index (χ4v) is 1.77. The molecule has 0 bridgehead atoms. The molecule has 1 unspecified atom stereocenters. The van der Waals surface area contributed by atoms with Crippen LogP contribution in [-0.4, -0.2) is 40.6 Å². The first-order valence-electron chi connectivity index (χ1n) is 4.36. The molecule has 1 amide bonds.